The number of nitrogens with zero attached hydrogens (tertiary/aromatic N) is 4. The highest BCUT2D eigenvalue weighted by Gasteiger charge is 2.85. The molecule has 2 aliphatic carbocycles. The van der Waals surface area contributed by atoms with E-state index in [1.807, 2.05) is 0 Å². The average molecular weight is 631 g/mol. The number of aliphatic hydroxyl groups is 1. The van der Waals surface area contributed by atoms with E-state index in [9.17, 15) is 5.11 Å². The number of hydrogen-bond acceptors (Lipinski definition) is 7. The normalized spacial score (nSPS) is 54.5. The summed E-state index contributed by atoms with van der Waals surface area (Å²) in [6, 6.07) is 19.1. The third-order valence-electron chi connectivity index (χ3n) is 17.0. The van der Waals surface area contributed by atoms with Crippen LogP contribution in [0.3, 0.4) is 0 Å². The molecule has 244 valence electrons. The summed E-state index contributed by atoms with van der Waals surface area (Å²) >= 11 is 0. The van der Waals surface area contributed by atoms with Crippen molar-refractivity contribution in [3.05, 3.63) is 59.7 Å². The molecule has 47 heavy (non-hydrogen) atoms. The third kappa shape index (κ3) is 2.46. The van der Waals surface area contributed by atoms with Crippen LogP contribution in [-0.2, 0) is 20.3 Å². The van der Waals surface area contributed by atoms with Crippen molar-refractivity contribution in [2.45, 2.75) is 112 Å². The van der Waals surface area contributed by atoms with Crippen LogP contribution < -0.4 is 4.90 Å². The predicted octanol–water partition coefficient (Wildman–Crippen LogP) is 4.77. The van der Waals surface area contributed by atoms with Crippen LogP contribution >= 0.6 is 0 Å². The Morgan fingerprint density at radius 2 is 1.53 bits per heavy atom. The highest BCUT2D eigenvalue weighted by molar-refractivity contribution is 6.08. The molecule has 2 aromatic carbocycles. The standard InChI is InChI=1S/C40H46N4O3/c1-3-36-18-23-17-35(22-44-27-12-8-6-10-25(27)39(40(23,44)45)14-16-43(34(36)39)20-28-30(36)46-28)21-37(4-2)31-29(47-31)19-42-15-13-38(33(37)42)24-9-5-7-11-26(24)41-32(35)38/h5-12,23,28-31,33-34,45H,3-4,13-22H2,1-2H3/t23-,28-,29-,30-,31-,33+,34+,35-,36-,37-,38+,39-,40-/m1/s1. The summed E-state index contributed by atoms with van der Waals surface area (Å²) in [7, 11) is 0. The van der Waals surface area contributed by atoms with Gasteiger partial charge in [0.1, 0.15) is 0 Å². The van der Waals surface area contributed by atoms with Crippen LogP contribution in [0.5, 0.6) is 0 Å². The Bertz CT molecular complexity index is 1850. The summed E-state index contributed by atoms with van der Waals surface area (Å²) in [5.41, 5.74) is 5.59. The highest BCUT2D eigenvalue weighted by atomic mass is 16.6. The van der Waals surface area contributed by atoms with E-state index >= 15 is 0 Å². The van der Waals surface area contributed by atoms with Gasteiger partial charge in [-0.25, -0.2) is 0 Å². The summed E-state index contributed by atoms with van der Waals surface area (Å²) < 4.78 is 13.3. The Morgan fingerprint density at radius 1 is 0.830 bits per heavy atom. The van der Waals surface area contributed by atoms with E-state index in [0.717, 1.165) is 77.7 Å². The average Bonchev–Trinajstić information content (AvgIpc) is 3.92. The van der Waals surface area contributed by atoms with E-state index < -0.39 is 5.72 Å². The van der Waals surface area contributed by atoms with Crippen molar-refractivity contribution < 1.29 is 14.6 Å². The monoisotopic (exact) mass is 630 g/mol. The van der Waals surface area contributed by atoms with Gasteiger partial charge in [-0.05, 0) is 81.3 Å². The van der Waals surface area contributed by atoms with E-state index in [-0.39, 0.29) is 33.0 Å². The SMILES string of the molecule is CC[C@@]12C[C@@]3(C[C@@H]4C[C@]5(CC)[C@@H]6O[C@@H]6CN6CC[C@@]7(c8ccccc8N(C3)[C@@]47O)[C@@H]65)C3=Nc4ccccc4[C@@]34CCN(C[C@H]3O[C@H]31)[C@@H]24. The van der Waals surface area contributed by atoms with Crippen molar-refractivity contribution in [3.8, 4) is 0 Å². The van der Waals surface area contributed by atoms with Gasteiger partial charge in [0.15, 0.2) is 5.72 Å². The second kappa shape index (κ2) is 7.71. The van der Waals surface area contributed by atoms with Crippen molar-refractivity contribution in [1.82, 2.24) is 9.80 Å². The number of anilines is 1. The molecule has 0 amide bonds. The maximum atomic E-state index is 13.9. The number of rotatable bonds is 2. The molecule has 2 aromatic rings. The van der Waals surface area contributed by atoms with Gasteiger partial charge < -0.3 is 19.5 Å². The maximum Gasteiger partial charge on any atom is 0.152 e. The molecule has 0 bridgehead atoms. The zero-order valence-corrected chi connectivity index (χ0v) is 27.7. The van der Waals surface area contributed by atoms with Crippen LogP contribution in [0.15, 0.2) is 53.5 Å². The van der Waals surface area contributed by atoms with Crippen LogP contribution in [0, 0.1) is 22.2 Å². The molecule has 0 unspecified atom stereocenters. The summed E-state index contributed by atoms with van der Waals surface area (Å²) in [5, 5.41) is 13.9. The second-order valence-electron chi connectivity index (χ2n) is 18.0. The van der Waals surface area contributed by atoms with Crippen molar-refractivity contribution >= 4 is 17.1 Å². The molecule has 9 heterocycles. The zero-order chi connectivity index (χ0) is 30.9. The fourth-order valence-electron chi connectivity index (χ4n) is 16.0. The quantitative estimate of drug-likeness (QED) is 0.483. The first-order valence-corrected chi connectivity index (χ1v) is 19.0. The van der Waals surface area contributed by atoms with Crippen LogP contribution in [0.2, 0.25) is 0 Å². The molecule has 7 heteroatoms. The lowest BCUT2D eigenvalue weighted by Gasteiger charge is -2.69. The predicted molar refractivity (Wildman–Crippen MR) is 178 cm³/mol. The highest BCUT2D eigenvalue weighted by Crippen LogP contribution is 2.77. The van der Waals surface area contributed by atoms with Crippen molar-refractivity contribution in [3.63, 3.8) is 0 Å². The Labute approximate surface area is 277 Å². The van der Waals surface area contributed by atoms with Crippen LogP contribution in [-0.4, -0.2) is 95.6 Å². The molecule has 11 aliphatic rings. The summed E-state index contributed by atoms with van der Waals surface area (Å²) in [5.74, 6) is 0.147. The number of hydrogen-bond donors (Lipinski definition) is 1. The largest absolute Gasteiger partial charge is 0.370 e. The van der Waals surface area contributed by atoms with E-state index in [1.165, 1.54) is 28.2 Å². The smallest absolute Gasteiger partial charge is 0.152 e. The van der Waals surface area contributed by atoms with Crippen LogP contribution in [0.4, 0.5) is 11.4 Å². The van der Waals surface area contributed by atoms with Crippen molar-refractivity contribution in [2.75, 3.05) is 37.6 Å². The lowest BCUT2D eigenvalue weighted by atomic mass is 9.41. The number of para-hydroxylation sites is 2. The van der Waals surface area contributed by atoms with Crippen molar-refractivity contribution in [1.29, 1.82) is 0 Å². The van der Waals surface area contributed by atoms with Gasteiger partial charge in [0.25, 0.3) is 0 Å². The number of fused-ring (bicyclic) bond motifs is 8. The Balaban J connectivity index is 1.07. The minimum absolute atomic E-state index is 0.0649. The molecule has 2 saturated carbocycles. The number of benzene rings is 2. The van der Waals surface area contributed by atoms with Gasteiger partial charge in [0.05, 0.1) is 40.9 Å². The van der Waals surface area contributed by atoms with Crippen LogP contribution in [0.25, 0.3) is 0 Å². The lowest BCUT2D eigenvalue weighted by molar-refractivity contribution is -0.195. The van der Waals surface area contributed by atoms with Gasteiger partial charge in [-0.1, -0.05) is 50.2 Å². The fourth-order valence-corrected chi connectivity index (χ4v) is 16.0. The molecule has 13 rings (SSSR count). The number of epoxide rings is 2. The molecule has 7 saturated heterocycles. The summed E-state index contributed by atoms with van der Waals surface area (Å²) in [4.78, 5) is 14.0. The minimum atomic E-state index is -0.899. The van der Waals surface area contributed by atoms with Gasteiger partial charge >= 0.3 is 0 Å². The lowest BCUT2D eigenvalue weighted by Crippen LogP contribution is -2.80. The van der Waals surface area contributed by atoms with Gasteiger partial charge in [-0.15, -0.1) is 0 Å². The minimum Gasteiger partial charge on any atom is -0.370 e. The number of aliphatic imine (C=N–C) groups is 1. The first-order valence-electron chi connectivity index (χ1n) is 19.0. The molecule has 9 fully saturated rings. The summed E-state index contributed by atoms with van der Waals surface area (Å²) in [6.07, 6.45) is 9.02. The van der Waals surface area contributed by atoms with Gasteiger partial charge in [-0.2, -0.15) is 0 Å². The molecule has 0 radical (unpaired) electrons. The summed E-state index contributed by atoms with van der Waals surface area (Å²) in [6.45, 7) is 10.0. The zero-order valence-electron chi connectivity index (χ0n) is 27.7. The van der Waals surface area contributed by atoms with Crippen LogP contribution in [0.1, 0.15) is 69.9 Å². The Morgan fingerprint density at radius 3 is 2.34 bits per heavy atom. The first kappa shape index (κ1) is 26.6. The molecular formula is C40H46N4O3. The van der Waals surface area contributed by atoms with Gasteiger partial charge in [0, 0.05) is 65.3 Å². The number of piperidine rings is 3. The van der Waals surface area contributed by atoms with E-state index in [0.29, 0.717) is 36.5 Å². The second-order valence-corrected chi connectivity index (χ2v) is 18.0. The molecule has 9 aliphatic heterocycles. The van der Waals surface area contributed by atoms with E-state index in [1.54, 1.807) is 0 Å². The molecule has 1 N–H and O–H groups in total. The maximum absolute atomic E-state index is 13.9. The topological polar surface area (TPSA) is 67.4 Å². The van der Waals surface area contributed by atoms with Gasteiger partial charge in [-0.3, -0.25) is 14.8 Å². The molecule has 0 aromatic heterocycles. The molecular weight excluding hydrogens is 584 g/mol. The van der Waals surface area contributed by atoms with Crippen molar-refractivity contribution in [2.24, 2.45) is 27.2 Å². The molecule has 7 nitrogen and oxygen atoms in total. The molecule has 13 atom stereocenters. The Hall–Kier alpha value is -2.29. The number of ether oxygens (including phenoxy) is 2. The Kier molecular flexibility index (Phi) is 4.36. The first-order chi connectivity index (χ1) is 22.9. The fraction of sp³-hybridized carbons (Fsp3) is 0.675. The van der Waals surface area contributed by atoms with Gasteiger partial charge in [0.2, 0.25) is 0 Å². The third-order valence-corrected chi connectivity index (χ3v) is 17.0. The molecule has 3 spiro atoms. The van der Waals surface area contributed by atoms with E-state index in [4.69, 9.17) is 14.5 Å². The van der Waals surface area contributed by atoms with E-state index in [2.05, 4.69) is 77.1 Å².